The van der Waals surface area contributed by atoms with Gasteiger partial charge >= 0.3 is 0 Å². The molecule has 2 rings (SSSR count). The molecule has 2 aromatic rings. The lowest BCUT2D eigenvalue weighted by Crippen LogP contribution is -2.10. The fraction of sp³-hybridized carbons (Fsp3) is 0.417. The number of hydrogen-bond acceptors (Lipinski definition) is 5. The molecule has 2 aromatic heterocycles. The molecule has 0 saturated heterocycles. The molecule has 18 heavy (non-hydrogen) atoms. The fourth-order valence-corrected chi connectivity index (χ4v) is 4.57. The molecule has 0 spiro atoms. The summed E-state index contributed by atoms with van der Waals surface area (Å²) < 4.78 is 24.9. The van der Waals surface area contributed by atoms with Gasteiger partial charge in [0.1, 0.15) is 9.84 Å². The summed E-state index contributed by atoms with van der Waals surface area (Å²) in [5.74, 6) is 0.306. The molecule has 0 fully saturated rings. The minimum Gasteiger partial charge on any atom is -0.293 e. The molecule has 0 aliphatic rings. The van der Waals surface area contributed by atoms with E-state index in [1.807, 2.05) is 17.5 Å². The van der Waals surface area contributed by atoms with E-state index in [9.17, 15) is 13.2 Å². The lowest BCUT2D eigenvalue weighted by Gasteiger charge is -1.99. The SMILES string of the molecule is CCS(=O)(=O)CCCC(=O)c1cc2sccc2s1. The van der Waals surface area contributed by atoms with Crippen molar-refractivity contribution < 1.29 is 13.2 Å². The Balaban J connectivity index is 1.94. The van der Waals surface area contributed by atoms with E-state index in [2.05, 4.69) is 0 Å². The van der Waals surface area contributed by atoms with Gasteiger partial charge in [0.15, 0.2) is 5.78 Å². The van der Waals surface area contributed by atoms with Crippen molar-refractivity contribution in [1.29, 1.82) is 0 Å². The number of carbonyl (C=O) groups excluding carboxylic acids is 1. The van der Waals surface area contributed by atoms with Crippen LogP contribution in [-0.2, 0) is 9.84 Å². The molecular weight excluding hydrogens is 288 g/mol. The van der Waals surface area contributed by atoms with Gasteiger partial charge in [0.25, 0.3) is 0 Å². The zero-order valence-corrected chi connectivity index (χ0v) is 12.5. The average Bonchev–Trinajstić information content (AvgIpc) is 2.88. The molecule has 0 unspecified atom stereocenters. The third-order valence-corrected chi connectivity index (χ3v) is 6.64. The van der Waals surface area contributed by atoms with Crippen LogP contribution in [-0.4, -0.2) is 25.7 Å². The van der Waals surface area contributed by atoms with E-state index in [4.69, 9.17) is 0 Å². The topological polar surface area (TPSA) is 51.2 Å². The van der Waals surface area contributed by atoms with Gasteiger partial charge in [-0.15, -0.1) is 22.7 Å². The summed E-state index contributed by atoms with van der Waals surface area (Å²) in [4.78, 5) is 12.6. The first-order valence-electron chi connectivity index (χ1n) is 5.72. The zero-order chi connectivity index (χ0) is 13.2. The molecule has 0 amide bonds. The molecule has 0 bridgehead atoms. The Morgan fingerprint density at radius 2 is 2.11 bits per heavy atom. The van der Waals surface area contributed by atoms with Gasteiger partial charge in [-0.05, 0) is 23.9 Å². The number of hydrogen-bond donors (Lipinski definition) is 0. The Morgan fingerprint density at radius 1 is 1.33 bits per heavy atom. The number of ketones is 1. The van der Waals surface area contributed by atoms with Crippen molar-refractivity contribution in [3.05, 3.63) is 22.4 Å². The second kappa shape index (κ2) is 5.50. The molecule has 0 atom stereocenters. The van der Waals surface area contributed by atoms with E-state index in [0.717, 1.165) is 14.3 Å². The van der Waals surface area contributed by atoms with E-state index >= 15 is 0 Å². The number of sulfone groups is 1. The van der Waals surface area contributed by atoms with E-state index < -0.39 is 9.84 Å². The molecule has 0 N–H and O–H groups in total. The summed E-state index contributed by atoms with van der Waals surface area (Å²) in [7, 11) is -2.96. The predicted molar refractivity (Wildman–Crippen MR) is 77.6 cm³/mol. The fourth-order valence-electron chi connectivity index (χ4n) is 1.62. The Kier molecular flexibility index (Phi) is 4.19. The molecule has 98 valence electrons. The van der Waals surface area contributed by atoms with E-state index in [1.54, 1.807) is 18.3 Å². The van der Waals surface area contributed by atoms with Gasteiger partial charge < -0.3 is 0 Å². The second-order valence-corrected chi connectivity index (χ2v) is 8.53. The highest BCUT2D eigenvalue weighted by Crippen LogP contribution is 2.30. The monoisotopic (exact) mass is 302 g/mol. The van der Waals surface area contributed by atoms with Gasteiger partial charge in [-0.3, -0.25) is 4.79 Å². The third kappa shape index (κ3) is 3.18. The van der Waals surface area contributed by atoms with E-state index in [1.165, 1.54) is 11.3 Å². The highest BCUT2D eigenvalue weighted by molar-refractivity contribution is 7.91. The predicted octanol–water partition coefficient (Wildman–Crippen LogP) is 3.36. The Bertz CT molecular complexity index is 620. The first kappa shape index (κ1) is 13.7. The lowest BCUT2D eigenvalue weighted by atomic mass is 10.2. The molecule has 0 aromatic carbocycles. The summed E-state index contributed by atoms with van der Waals surface area (Å²) in [5, 5.41) is 2.00. The van der Waals surface area contributed by atoms with Gasteiger partial charge in [0.2, 0.25) is 0 Å². The molecule has 0 aliphatic heterocycles. The summed E-state index contributed by atoms with van der Waals surface area (Å²) in [5.41, 5.74) is 0. The van der Waals surface area contributed by atoms with Crippen LogP contribution < -0.4 is 0 Å². The summed E-state index contributed by atoms with van der Waals surface area (Å²) in [6.45, 7) is 1.63. The first-order chi connectivity index (χ1) is 8.52. The average molecular weight is 302 g/mol. The number of rotatable bonds is 6. The molecule has 0 aliphatic carbocycles. The number of fused-ring (bicyclic) bond motifs is 1. The van der Waals surface area contributed by atoms with Crippen molar-refractivity contribution in [3.8, 4) is 0 Å². The van der Waals surface area contributed by atoms with Crippen LogP contribution in [0, 0.1) is 0 Å². The van der Waals surface area contributed by atoms with Crippen molar-refractivity contribution in [2.45, 2.75) is 19.8 Å². The van der Waals surface area contributed by atoms with Crippen LogP contribution >= 0.6 is 22.7 Å². The van der Waals surface area contributed by atoms with Crippen molar-refractivity contribution in [1.82, 2.24) is 0 Å². The quantitative estimate of drug-likeness (QED) is 0.769. The molecule has 2 heterocycles. The molecule has 3 nitrogen and oxygen atoms in total. The Hall–Kier alpha value is -0.720. The standard InChI is InChI=1S/C12H14O3S3/c1-2-18(14,15)7-3-4-9(13)11-8-12-10(17-11)5-6-16-12/h5-6,8H,2-4,7H2,1H3. The van der Waals surface area contributed by atoms with Gasteiger partial charge in [0, 0.05) is 21.6 Å². The van der Waals surface area contributed by atoms with Crippen LogP contribution in [0.5, 0.6) is 0 Å². The minimum absolute atomic E-state index is 0.0507. The molecular formula is C12H14O3S3. The minimum atomic E-state index is -2.96. The van der Waals surface area contributed by atoms with Crippen LogP contribution in [0.3, 0.4) is 0 Å². The number of carbonyl (C=O) groups is 1. The maximum Gasteiger partial charge on any atom is 0.172 e. The molecule has 0 saturated carbocycles. The van der Waals surface area contributed by atoms with E-state index in [-0.39, 0.29) is 17.3 Å². The van der Waals surface area contributed by atoms with E-state index in [0.29, 0.717) is 12.8 Å². The molecule has 6 heteroatoms. The normalized spacial score (nSPS) is 12.1. The van der Waals surface area contributed by atoms with Crippen molar-refractivity contribution in [3.63, 3.8) is 0 Å². The highest BCUT2D eigenvalue weighted by atomic mass is 32.2. The Morgan fingerprint density at radius 3 is 2.78 bits per heavy atom. The zero-order valence-electron chi connectivity index (χ0n) is 10.0. The van der Waals surface area contributed by atoms with Crippen LogP contribution in [0.25, 0.3) is 9.40 Å². The highest BCUT2D eigenvalue weighted by Gasteiger charge is 2.13. The number of thiophene rings is 2. The maximum absolute atomic E-state index is 11.9. The summed E-state index contributed by atoms with van der Waals surface area (Å²) >= 11 is 3.11. The summed E-state index contributed by atoms with van der Waals surface area (Å²) in [6.07, 6.45) is 0.730. The number of Topliss-reactive ketones (excluding diaryl/α,β-unsaturated/α-hetero) is 1. The van der Waals surface area contributed by atoms with Crippen molar-refractivity contribution >= 4 is 47.7 Å². The maximum atomic E-state index is 11.9. The molecule has 0 radical (unpaired) electrons. The first-order valence-corrected chi connectivity index (χ1v) is 9.24. The Labute approximate surface area is 114 Å². The second-order valence-electron chi connectivity index (χ2n) is 4.02. The van der Waals surface area contributed by atoms with Crippen molar-refractivity contribution in [2.24, 2.45) is 0 Å². The van der Waals surface area contributed by atoms with Crippen LogP contribution in [0.15, 0.2) is 17.5 Å². The smallest absolute Gasteiger partial charge is 0.172 e. The van der Waals surface area contributed by atoms with Gasteiger partial charge in [-0.1, -0.05) is 6.92 Å². The van der Waals surface area contributed by atoms with Gasteiger partial charge in [-0.25, -0.2) is 8.42 Å². The van der Waals surface area contributed by atoms with Crippen LogP contribution in [0.1, 0.15) is 29.4 Å². The summed E-state index contributed by atoms with van der Waals surface area (Å²) in [6, 6.07) is 3.91. The van der Waals surface area contributed by atoms with Crippen LogP contribution in [0.2, 0.25) is 0 Å². The van der Waals surface area contributed by atoms with Crippen molar-refractivity contribution in [2.75, 3.05) is 11.5 Å². The lowest BCUT2D eigenvalue weighted by molar-refractivity contribution is 0.0986. The third-order valence-electron chi connectivity index (χ3n) is 2.71. The van der Waals surface area contributed by atoms with Gasteiger partial charge in [-0.2, -0.15) is 0 Å². The largest absolute Gasteiger partial charge is 0.293 e. The van der Waals surface area contributed by atoms with Gasteiger partial charge in [0.05, 0.1) is 10.6 Å². The van der Waals surface area contributed by atoms with Crippen LogP contribution in [0.4, 0.5) is 0 Å².